The fraction of sp³-hybridized carbons (Fsp3) is 0.667. The molecule has 0 atom stereocenters. The Bertz CT molecular complexity index is 187. The number of aromatic amines is 1. The zero-order chi connectivity index (χ0) is 7.61. The highest BCUT2D eigenvalue weighted by Crippen LogP contribution is 2.07. The Morgan fingerprint density at radius 2 is 2.40 bits per heavy atom. The predicted molar refractivity (Wildman–Crippen MR) is 34.9 cm³/mol. The van der Waals surface area contributed by atoms with Gasteiger partial charge in [0.2, 0.25) is 0 Å². The van der Waals surface area contributed by atoms with Crippen molar-refractivity contribution in [2.24, 2.45) is 0 Å². The average Bonchev–Trinajstić information content (AvgIpc) is 2.12. The largest absolute Gasteiger partial charge is 0.263 e. The lowest BCUT2D eigenvalue weighted by Crippen LogP contribution is -2.20. The standard InChI is InChI=1S/C6H10N3O/c1-6(2,10)3-5-7-4-8-9-5/h4H,3H2,1-2H3,(H,7,8,9). The molecule has 0 bridgehead atoms. The summed E-state index contributed by atoms with van der Waals surface area (Å²) in [5.41, 5.74) is -0.959. The molecule has 0 aromatic carbocycles. The predicted octanol–water partition coefficient (Wildman–Crippen LogP) is 0.556. The summed E-state index contributed by atoms with van der Waals surface area (Å²) < 4.78 is 0. The van der Waals surface area contributed by atoms with E-state index in [-0.39, 0.29) is 0 Å². The molecule has 1 heterocycles. The quantitative estimate of drug-likeness (QED) is 0.652. The Morgan fingerprint density at radius 1 is 1.70 bits per heavy atom. The SMILES string of the molecule is CC(C)([O])Cc1ncn[nH]1. The van der Waals surface area contributed by atoms with Gasteiger partial charge in [-0.05, 0) is 13.8 Å². The molecule has 1 rings (SSSR count). The molecular weight excluding hydrogens is 130 g/mol. The van der Waals surface area contributed by atoms with Gasteiger partial charge in [0.05, 0.1) is 0 Å². The fourth-order valence-electron chi connectivity index (χ4n) is 0.719. The molecule has 0 spiro atoms. The van der Waals surface area contributed by atoms with Gasteiger partial charge in [0.15, 0.2) is 0 Å². The Morgan fingerprint density at radius 3 is 2.80 bits per heavy atom. The van der Waals surface area contributed by atoms with E-state index >= 15 is 0 Å². The van der Waals surface area contributed by atoms with Gasteiger partial charge >= 0.3 is 0 Å². The Labute approximate surface area is 59.3 Å². The third-order valence-corrected chi connectivity index (χ3v) is 1.06. The van der Waals surface area contributed by atoms with Crippen LogP contribution >= 0.6 is 0 Å². The summed E-state index contributed by atoms with van der Waals surface area (Å²) in [6, 6.07) is 0. The lowest BCUT2D eigenvalue weighted by atomic mass is 10.1. The molecule has 0 amide bonds. The lowest BCUT2D eigenvalue weighted by molar-refractivity contribution is 0.00322. The van der Waals surface area contributed by atoms with E-state index in [2.05, 4.69) is 15.2 Å². The van der Waals surface area contributed by atoms with Crippen molar-refractivity contribution in [1.29, 1.82) is 0 Å². The van der Waals surface area contributed by atoms with E-state index in [0.717, 1.165) is 0 Å². The molecule has 0 aliphatic heterocycles. The topological polar surface area (TPSA) is 61.5 Å². The summed E-state index contributed by atoms with van der Waals surface area (Å²) in [6.45, 7) is 3.24. The van der Waals surface area contributed by atoms with E-state index < -0.39 is 5.60 Å². The number of hydrogen-bond acceptors (Lipinski definition) is 2. The van der Waals surface area contributed by atoms with Crippen LogP contribution in [0.25, 0.3) is 0 Å². The molecule has 55 valence electrons. The van der Waals surface area contributed by atoms with Gasteiger partial charge in [0.1, 0.15) is 17.8 Å². The molecule has 0 aliphatic carbocycles. The van der Waals surface area contributed by atoms with Gasteiger partial charge in [-0.15, -0.1) is 0 Å². The number of H-pyrrole nitrogens is 1. The zero-order valence-electron chi connectivity index (χ0n) is 6.09. The van der Waals surface area contributed by atoms with Crippen LogP contribution in [0.4, 0.5) is 0 Å². The maximum atomic E-state index is 11.1. The van der Waals surface area contributed by atoms with Gasteiger partial charge in [-0.1, -0.05) is 0 Å². The molecule has 0 unspecified atom stereocenters. The summed E-state index contributed by atoms with van der Waals surface area (Å²) in [5.74, 6) is 0.653. The molecular formula is C6H10N3O. The van der Waals surface area contributed by atoms with Gasteiger partial charge in [-0.2, -0.15) is 5.10 Å². The first-order valence-electron chi connectivity index (χ1n) is 3.12. The minimum atomic E-state index is -0.959. The van der Waals surface area contributed by atoms with Crippen molar-refractivity contribution in [2.75, 3.05) is 0 Å². The van der Waals surface area contributed by atoms with Gasteiger partial charge in [0.25, 0.3) is 0 Å². The zero-order valence-corrected chi connectivity index (χ0v) is 6.09. The third-order valence-electron chi connectivity index (χ3n) is 1.06. The van der Waals surface area contributed by atoms with Crippen molar-refractivity contribution < 1.29 is 5.11 Å². The van der Waals surface area contributed by atoms with Crippen molar-refractivity contribution in [2.45, 2.75) is 25.9 Å². The Hall–Kier alpha value is -0.900. The summed E-state index contributed by atoms with van der Waals surface area (Å²) in [6.07, 6.45) is 1.80. The number of aromatic nitrogens is 3. The van der Waals surface area contributed by atoms with Crippen LogP contribution in [-0.2, 0) is 11.5 Å². The highest BCUT2D eigenvalue weighted by atomic mass is 16.3. The van der Waals surface area contributed by atoms with Crippen molar-refractivity contribution >= 4 is 0 Å². The van der Waals surface area contributed by atoms with Crippen LogP contribution in [0.15, 0.2) is 6.33 Å². The Kier molecular flexibility index (Phi) is 1.72. The molecule has 1 aromatic rings. The van der Waals surface area contributed by atoms with Crippen LogP contribution in [0.1, 0.15) is 19.7 Å². The number of hydrogen-bond donors (Lipinski definition) is 1. The molecule has 4 nitrogen and oxygen atoms in total. The van der Waals surface area contributed by atoms with Crippen LogP contribution in [0.2, 0.25) is 0 Å². The lowest BCUT2D eigenvalue weighted by Gasteiger charge is -2.10. The van der Waals surface area contributed by atoms with E-state index in [1.54, 1.807) is 13.8 Å². The number of rotatable bonds is 2. The summed E-state index contributed by atoms with van der Waals surface area (Å²) in [5, 5.41) is 17.3. The summed E-state index contributed by atoms with van der Waals surface area (Å²) in [7, 11) is 0. The van der Waals surface area contributed by atoms with Crippen LogP contribution < -0.4 is 0 Å². The molecule has 1 N–H and O–H groups in total. The second-order valence-corrected chi connectivity index (χ2v) is 2.87. The normalized spacial score (nSPS) is 11.9. The molecule has 1 aromatic heterocycles. The van der Waals surface area contributed by atoms with E-state index in [4.69, 9.17) is 0 Å². The van der Waals surface area contributed by atoms with Gasteiger partial charge in [-0.3, -0.25) is 5.10 Å². The fourth-order valence-corrected chi connectivity index (χ4v) is 0.719. The van der Waals surface area contributed by atoms with E-state index in [1.807, 2.05) is 0 Å². The van der Waals surface area contributed by atoms with Crippen molar-refractivity contribution in [3.63, 3.8) is 0 Å². The van der Waals surface area contributed by atoms with Crippen molar-refractivity contribution in [3.05, 3.63) is 12.2 Å². The van der Waals surface area contributed by atoms with Crippen LogP contribution in [-0.4, -0.2) is 20.8 Å². The number of nitrogens with zero attached hydrogens (tertiary/aromatic N) is 2. The molecule has 0 fully saturated rings. The Balaban J connectivity index is 2.57. The first-order valence-corrected chi connectivity index (χ1v) is 3.12. The first-order chi connectivity index (χ1) is 4.58. The van der Waals surface area contributed by atoms with E-state index in [0.29, 0.717) is 12.2 Å². The van der Waals surface area contributed by atoms with E-state index in [1.165, 1.54) is 6.33 Å². The second kappa shape index (κ2) is 2.38. The van der Waals surface area contributed by atoms with Gasteiger partial charge < -0.3 is 0 Å². The maximum absolute atomic E-state index is 11.1. The van der Waals surface area contributed by atoms with Crippen molar-refractivity contribution in [3.8, 4) is 0 Å². The van der Waals surface area contributed by atoms with Gasteiger partial charge in [0, 0.05) is 6.42 Å². The number of nitrogens with one attached hydrogen (secondary N) is 1. The molecule has 0 saturated heterocycles. The monoisotopic (exact) mass is 140 g/mol. The third kappa shape index (κ3) is 2.14. The molecule has 0 aliphatic rings. The highest BCUT2D eigenvalue weighted by Gasteiger charge is 2.17. The maximum Gasteiger partial charge on any atom is 0.137 e. The van der Waals surface area contributed by atoms with Crippen molar-refractivity contribution in [1.82, 2.24) is 15.2 Å². The molecule has 0 saturated carbocycles. The smallest absolute Gasteiger partial charge is 0.137 e. The summed E-state index contributed by atoms with van der Waals surface area (Å²) in [4.78, 5) is 3.83. The molecule has 1 radical (unpaired) electrons. The minimum absolute atomic E-state index is 0.396. The highest BCUT2D eigenvalue weighted by molar-refractivity contribution is 4.86. The van der Waals surface area contributed by atoms with Crippen LogP contribution in [0.5, 0.6) is 0 Å². The van der Waals surface area contributed by atoms with Gasteiger partial charge in [-0.25, -0.2) is 10.1 Å². The second-order valence-electron chi connectivity index (χ2n) is 2.87. The minimum Gasteiger partial charge on any atom is -0.263 e. The molecule has 10 heavy (non-hydrogen) atoms. The van der Waals surface area contributed by atoms with Crippen LogP contribution in [0, 0.1) is 0 Å². The first kappa shape index (κ1) is 7.21. The summed E-state index contributed by atoms with van der Waals surface area (Å²) >= 11 is 0. The average molecular weight is 140 g/mol. The van der Waals surface area contributed by atoms with Crippen LogP contribution in [0.3, 0.4) is 0 Å². The van der Waals surface area contributed by atoms with E-state index in [9.17, 15) is 5.11 Å². The molecule has 4 heteroatoms.